The third kappa shape index (κ3) is 2.56. The lowest BCUT2D eigenvalue weighted by Crippen LogP contribution is -2.69. The quantitative estimate of drug-likeness (QED) is 0.163. The number of rotatable bonds is 1. The fourth-order valence-corrected chi connectivity index (χ4v) is 7.59. The third-order valence-electron chi connectivity index (χ3n) is 9.17. The smallest absolute Gasteiger partial charge is 0.601 e. The summed E-state index contributed by atoms with van der Waals surface area (Å²) in [6.07, 6.45) is 0. The molecule has 8 heteroatoms. The molecule has 5 aromatic carbocycles. The predicted molar refractivity (Wildman–Crippen MR) is 163 cm³/mol. The van der Waals surface area contributed by atoms with Crippen LogP contribution in [-0.4, -0.2) is 36.8 Å². The maximum absolute atomic E-state index is 10.7. The van der Waals surface area contributed by atoms with Gasteiger partial charge >= 0.3 is 6.82 Å². The molecule has 0 saturated heterocycles. The van der Waals surface area contributed by atoms with Crippen LogP contribution in [0.3, 0.4) is 0 Å². The molecule has 3 N–H and O–H groups in total. The minimum absolute atomic E-state index is 0.405. The van der Waals surface area contributed by atoms with Crippen molar-refractivity contribution < 1.29 is 29.1 Å². The third-order valence-corrected chi connectivity index (χ3v) is 9.17. The summed E-state index contributed by atoms with van der Waals surface area (Å²) in [7, 11) is 0. The molecular weight excluding hydrogens is 539 g/mol. The number of nitrogens with zero attached hydrogens (tertiary/aromatic N) is 2. The van der Waals surface area contributed by atoms with Gasteiger partial charge in [-0.05, 0) is 54.1 Å². The van der Waals surface area contributed by atoms with E-state index in [1.54, 1.807) is 0 Å². The van der Waals surface area contributed by atoms with Crippen molar-refractivity contribution in [3.05, 3.63) is 137 Å². The van der Waals surface area contributed by atoms with Crippen molar-refractivity contribution in [2.45, 2.75) is 0 Å². The van der Waals surface area contributed by atoms with Crippen LogP contribution in [0.25, 0.3) is 33.3 Å². The Kier molecular flexibility index (Phi) is 3.96. The monoisotopic (exact) mass is 560 g/mol. The number of fused-ring (bicyclic) bond motifs is 10. The topological polar surface area (TPSA) is 87.1 Å². The summed E-state index contributed by atoms with van der Waals surface area (Å²) in [5, 5.41) is 33.8. The highest BCUT2D eigenvalue weighted by atomic mass is 16.6. The Morgan fingerprint density at radius 1 is 0.581 bits per heavy atom. The Morgan fingerprint density at radius 2 is 1.12 bits per heavy atom. The molecule has 0 aliphatic carbocycles. The number of phenols is 3. The van der Waals surface area contributed by atoms with Crippen LogP contribution in [-0.2, 0) is 0 Å². The Labute approximate surface area is 245 Å². The van der Waals surface area contributed by atoms with Crippen LogP contribution in [0, 0.1) is 0 Å². The van der Waals surface area contributed by atoms with Crippen molar-refractivity contribution in [2.24, 2.45) is 0 Å². The average Bonchev–Trinajstić information content (AvgIpc) is 3.57. The van der Waals surface area contributed by atoms with E-state index < -0.39 is 24.1 Å². The number of para-hydroxylation sites is 2. The van der Waals surface area contributed by atoms with E-state index in [9.17, 15) is 15.3 Å². The summed E-state index contributed by atoms with van der Waals surface area (Å²) in [4.78, 5) is 0. The summed E-state index contributed by atoms with van der Waals surface area (Å²) < 4.78 is 18.6. The summed E-state index contributed by atoms with van der Waals surface area (Å²) in [6.45, 7) is -2.44. The van der Waals surface area contributed by atoms with E-state index in [1.165, 1.54) is 12.1 Å². The first kappa shape index (κ1) is 22.8. The van der Waals surface area contributed by atoms with Gasteiger partial charge < -0.3 is 33.6 Å². The van der Waals surface area contributed by atoms with Gasteiger partial charge in [-0.25, -0.2) is 0 Å². The molecule has 4 aliphatic rings. The Bertz CT molecular complexity index is 2330. The Balaban J connectivity index is 1.50. The zero-order valence-corrected chi connectivity index (χ0v) is 22.5. The highest BCUT2D eigenvalue weighted by molar-refractivity contribution is 6.65. The Hall–Kier alpha value is -5.89. The van der Waals surface area contributed by atoms with Crippen LogP contribution in [0.4, 0.5) is 0 Å². The van der Waals surface area contributed by atoms with Crippen LogP contribution in [0.2, 0.25) is 0 Å². The first-order valence-corrected chi connectivity index (χ1v) is 14.2. The number of hydrogen-bond acceptors (Lipinski definition) is 5. The van der Waals surface area contributed by atoms with Gasteiger partial charge in [0.1, 0.15) is 0 Å². The fraction of sp³-hybridized carbons (Fsp3) is 0. The molecular formula is C35H21BN2O5. The molecule has 0 fully saturated rings. The van der Waals surface area contributed by atoms with Crippen LogP contribution < -0.4 is 9.31 Å². The minimum atomic E-state index is -2.44. The van der Waals surface area contributed by atoms with E-state index in [-0.39, 0.29) is 0 Å². The maximum Gasteiger partial charge on any atom is 0.780 e. The largest absolute Gasteiger partial charge is 0.780 e. The van der Waals surface area contributed by atoms with E-state index >= 15 is 0 Å². The van der Waals surface area contributed by atoms with Crippen LogP contribution in [0.1, 0.15) is 27.9 Å². The van der Waals surface area contributed by atoms with Crippen LogP contribution >= 0.6 is 0 Å². The number of phenolic OH excluding ortho intramolecular Hbond substituents is 3. The van der Waals surface area contributed by atoms with E-state index in [0.717, 1.165) is 72.9 Å². The van der Waals surface area contributed by atoms with Gasteiger partial charge in [-0.2, -0.15) is 0 Å². The fourth-order valence-electron chi connectivity index (χ4n) is 7.59. The van der Waals surface area contributed by atoms with Gasteiger partial charge in [-0.3, -0.25) is 0 Å². The second-order valence-corrected chi connectivity index (χ2v) is 11.3. The first-order valence-electron chi connectivity index (χ1n) is 14.2. The number of aromatic hydroxyl groups is 3. The molecule has 0 bridgehead atoms. The highest BCUT2D eigenvalue weighted by Gasteiger charge is 2.66. The van der Waals surface area contributed by atoms with Crippen molar-refractivity contribution in [1.29, 1.82) is 0 Å². The van der Waals surface area contributed by atoms with Gasteiger partial charge in [0.05, 0.1) is 33.8 Å². The molecule has 10 rings (SSSR count). The first-order chi connectivity index (χ1) is 21.1. The molecule has 204 valence electrons. The Morgan fingerprint density at radius 3 is 1.81 bits per heavy atom. The normalized spacial score (nSPS) is 18.3. The summed E-state index contributed by atoms with van der Waals surface area (Å²) >= 11 is 0. The number of aromatic nitrogens is 1. The van der Waals surface area contributed by atoms with Gasteiger partial charge in [-0.15, -0.1) is 0 Å². The second kappa shape index (κ2) is 7.49. The standard InChI is InChI=1S/C35H21BN2O5/c39-26-17-19(18-27(40)35(26)41)30-33-22-11-3-1-9-20(22)31-24-13-5-7-15-28(24)42-36(37(31)33)38-32(25-14-6-8-16-29(25)43-36)21-10-2-4-12-23(21)34(30)38/h1-18,39-41H. The average molecular weight is 560 g/mol. The van der Waals surface area contributed by atoms with Gasteiger partial charge in [0.25, 0.3) is 0 Å². The SMILES string of the molecule is Oc1cc(C2=C3c4ccccc4C4=[N+]3[B-]3(Oc5ccccc54)Oc4ccccc4-c4c5ccccc5c2n43)cc(O)c1O. The van der Waals surface area contributed by atoms with Crippen molar-refractivity contribution in [3.8, 4) is 40.0 Å². The molecule has 4 aliphatic heterocycles. The molecule has 1 spiro atoms. The molecule has 0 radical (unpaired) electrons. The lowest BCUT2D eigenvalue weighted by Gasteiger charge is -2.47. The van der Waals surface area contributed by atoms with Crippen molar-refractivity contribution in [3.63, 3.8) is 0 Å². The zero-order chi connectivity index (χ0) is 28.6. The number of benzene rings is 5. The molecule has 0 saturated carbocycles. The van der Waals surface area contributed by atoms with Gasteiger partial charge in [0.15, 0.2) is 28.7 Å². The lowest BCUT2D eigenvalue weighted by molar-refractivity contribution is -0.330. The zero-order valence-electron chi connectivity index (χ0n) is 22.5. The summed E-state index contributed by atoms with van der Waals surface area (Å²) in [5.74, 6) is 0.0803. The minimum Gasteiger partial charge on any atom is -0.601 e. The molecule has 0 amide bonds. The molecule has 1 unspecified atom stereocenters. The van der Waals surface area contributed by atoms with Crippen molar-refractivity contribution in [2.75, 3.05) is 0 Å². The van der Waals surface area contributed by atoms with Crippen molar-refractivity contribution in [1.82, 2.24) is 4.48 Å². The second-order valence-electron chi connectivity index (χ2n) is 11.3. The van der Waals surface area contributed by atoms with E-state index in [1.807, 2.05) is 60.7 Å². The predicted octanol–water partition coefficient (Wildman–Crippen LogP) is 6.29. The van der Waals surface area contributed by atoms with Gasteiger partial charge in [0, 0.05) is 27.7 Å². The van der Waals surface area contributed by atoms with E-state index in [2.05, 4.69) is 45.4 Å². The molecule has 7 nitrogen and oxygen atoms in total. The van der Waals surface area contributed by atoms with Crippen LogP contribution in [0.15, 0.2) is 109 Å². The molecule has 1 atom stereocenters. The number of hydrogen-bond donors (Lipinski definition) is 3. The molecule has 5 heterocycles. The summed E-state index contributed by atoms with van der Waals surface area (Å²) in [5.41, 5.74) is 8.81. The highest BCUT2D eigenvalue weighted by Crippen LogP contribution is 2.56. The molecule has 1 aromatic heterocycles. The van der Waals surface area contributed by atoms with Crippen molar-refractivity contribution >= 4 is 34.6 Å². The molecule has 6 aromatic rings. The lowest BCUT2D eigenvalue weighted by atomic mass is 9.75. The van der Waals surface area contributed by atoms with E-state index in [4.69, 9.17) is 9.31 Å². The summed E-state index contributed by atoms with van der Waals surface area (Å²) in [6, 6.07) is 35.5. The maximum atomic E-state index is 10.7. The molecule has 43 heavy (non-hydrogen) atoms. The van der Waals surface area contributed by atoms with E-state index in [0.29, 0.717) is 5.56 Å². The van der Waals surface area contributed by atoms with Crippen LogP contribution in [0.5, 0.6) is 28.7 Å². The van der Waals surface area contributed by atoms with Gasteiger partial charge in [-0.1, -0.05) is 60.7 Å². The van der Waals surface area contributed by atoms with Gasteiger partial charge in [0.2, 0.25) is 0 Å².